The van der Waals surface area contributed by atoms with E-state index in [-0.39, 0.29) is 40.9 Å². The number of nitrogens with two attached hydrogens (primary N) is 1. The van der Waals surface area contributed by atoms with E-state index in [1.54, 1.807) is 60.8 Å². The Morgan fingerprint density at radius 1 is 0.915 bits per heavy atom. The molecule has 2 aromatic rings. The number of rotatable bonds is 16. The van der Waals surface area contributed by atoms with Crippen molar-refractivity contribution in [3.63, 3.8) is 0 Å². The summed E-state index contributed by atoms with van der Waals surface area (Å²) in [6.45, 7) is 1.28. The maximum atomic E-state index is 14.9. The monoisotopic (exact) mass is 890 g/mol. The number of carbonyl (C=O) groups is 8. The summed E-state index contributed by atoms with van der Waals surface area (Å²) in [5.74, 6) is -5.92. The van der Waals surface area contributed by atoms with Crippen LogP contribution in [0.4, 0.5) is 0 Å². The van der Waals surface area contributed by atoms with Crippen LogP contribution in [0.5, 0.6) is 0 Å². The van der Waals surface area contributed by atoms with Crippen LogP contribution in [0.1, 0.15) is 97.0 Å². The highest BCUT2D eigenvalue weighted by molar-refractivity contribution is 8.18. The molecule has 59 heavy (non-hydrogen) atoms. The normalized spacial score (nSPS) is 19.2. The summed E-state index contributed by atoms with van der Waals surface area (Å²) in [5.41, 5.74) is 5.14. The molecule has 4 atom stereocenters. The van der Waals surface area contributed by atoms with Crippen molar-refractivity contribution in [2.75, 3.05) is 24.6 Å². The van der Waals surface area contributed by atoms with Crippen LogP contribution >= 0.6 is 46.7 Å². The number of carboxylic acid groups (broad SMARTS) is 1. The number of nitrogens with zero attached hydrogens (tertiary/aromatic N) is 1. The topological polar surface area (TPSA) is 234 Å². The first kappa shape index (κ1) is 45.8. The molecule has 2 aliphatic heterocycles. The lowest BCUT2D eigenvalue weighted by Crippen LogP contribution is -2.58. The molecule has 1 unspecified atom stereocenters. The number of carbonyl (C=O) groups excluding carboxylic acids is 7. The molecule has 0 bridgehead atoms. The summed E-state index contributed by atoms with van der Waals surface area (Å²) in [4.78, 5) is 108. The fourth-order valence-electron chi connectivity index (χ4n) is 7.73. The molecule has 1 aliphatic carbocycles. The Morgan fingerprint density at radius 2 is 1.59 bits per heavy atom. The van der Waals surface area contributed by atoms with E-state index >= 15 is 0 Å². The third-order valence-corrected chi connectivity index (χ3v) is 14.8. The van der Waals surface area contributed by atoms with Crippen molar-refractivity contribution in [1.82, 2.24) is 26.2 Å². The number of benzene rings is 2. The zero-order valence-corrected chi connectivity index (χ0v) is 35.6. The number of primary amides is 1. The summed E-state index contributed by atoms with van der Waals surface area (Å²) in [6, 6.07) is 6.13. The summed E-state index contributed by atoms with van der Waals surface area (Å²) in [5, 5.41) is 19.8. The van der Waals surface area contributed by atoms with E-state index in [0.29, 0.717) is 24.8 Å². The molecule has 19 heteroatoms. The number of halogens is 2. The predicted molar refractivity (Wildman–Crippen MR) is 225 cm³/mol. The second-order valence-electron chi connectivity index (χ2n) is 14.8. The molecule has 2 aromatic carbocycles. The molecule has 5 rings (SSSR count). The first-order valence-electron chi connectivity index (χ1n) is 19.5. The number of ketones is 1. The molecular formula is C40H48Cl2N6O9S2. The predicted octanol–water partition coefficient (Wildman–Crippen LogP) is 3.85. The average Bonchev–Trinajstić information content (AvgIpc) is 3.60. The molecule has 3 aliphatic rings. The zero-order valence-electron chi connectivity index (χ0n) is 32.4. The van der Waals surface area contributed by atoms with Crippen LogP contribution in [0.2, 0.25) is 10.0 Å². The van der Waals surface area contributed by atoms with Crippen molar-refractivity contribution in [2.45, 2.75) is 93.0 Å². The third kappa shape index (κ3) is 11.3. The molecule has 7 N–H and O–H groups in total. The zero-order chi connectivity index (χ0) is 42.9. The Labute approximate surface area is 360 Å². The van der Waals surface area contributed by atoms with Gasteiger partial charge in [-0.1, -0.05) is 86.1 Å². The summed E-state index contributed by atoms with van der Waals surface area (Å²) in [6.07, 6.45) is 5.43. The van der Waals surface area contributed by atoms with Gasteiger partial charge >= 0.3 is 5.97 Å². The van der Waals surface area contributed by atoms with E-state index in [9.17, 15) is 43.5 Å². The number of Topliss-reactive ketones (excluding diaryl/α,β-unsaturated/α-hetero) is 1. The van der Waals surface area contributed by atoms with Gasteiger partial charge in [-0.05, 0) is 60.8 Å². The molecule has 1 spiro atoms. The number of amides is 6. The quantitative estimate of drug-likeness (QED) is 0.133. The maximum absolute atomic E-state index is 14.9. The minimum Gasteiger partial charge on any atom is -0.478 e. The standard InChI is InChI=1S/C40H48Cl2N6O9S2/c1-2-10-26(33(50)37(54)44-20-28(49)46-31(34(43)51)22-11-5-3-6-12-22)45-36(53)27-19-40(58-17-9-18-59-40)21-48(27)38(55)32(23-13-7-4-8-14-23)47-35(52)24-15-16-25(41)30(42)29(24)39(56)57/h3,5-6,11-12,15-16,23,26-27,31-32H,2,4,7-10,13-14,17-21H2,1H3,(H2,43,51)(H,44,54)(H,45,53)(H,46,49)(H,47,52)(H,56,57)/t26?,27-,31-,32-/m0/s1. The number of nitrogens with one attached hydrogen (secondary N) is 4. The Kier molecular flexibility index (Phi) is 16.1. The Morgan fingerprint density at radius 3 is 2.22 bits per heavy atom. The van der Waals surface area contributed by atoms with Crippen molar-refractivity contribution >= 4 is 93.9 Å². The fourth-order valence-corrected chi connectivity index (χ4v) is 11.5. The van der Waals surface area contributed by atoms with E-state index in [2.05, 4.69) is 21.3 Å². The number of likely N-dealkylation sites (tertiary alicyclic amines) is 1. The number of thioether (sulfide) groups is 2. The molecule has 2 saturated heterocycles. The molecule has 15 nitrogen and oxygen atoms in total. The van der Waals surface area contributed by atoms with Gasteiger partial charge in [-0.3, -0.25) is 33.6 Å². The fraction of sp³-hybridized carbons (Fsp3) is 0.500. The van der Waals surface area contributed by atoms with Crippen LogP contribution in [-0.2, 0) is 28.8 Å². The molecule has 0 aromatic heterocycles. The number of hydrogen-bond acceptors (Lipinski definition) is 10. The van der Waals surface area contributed by atoms with E-state index in [1.165, 1.54) is 17.0 Å². The minimum atomic E-state index is -1.47. The van der Waals surface area contributed by atoms with Crippen molar-refractivity contribution in [2.24, 2.45) is 11.7 Å². The first-order chi connectivity index (χ1) is 28.2. The second kappa shape index (κ2) is 20.8. The second-order valence-corrected chi connectivity index (χ2v) is 18.8. The highest BCUT2D eigenvalue weighted by Gasteiger charge is 2.52. The first-order valence-corrected chi connectivity index (χ1v) is 22.3. The van der Waals surface area contributed by atoms with Crippen molar-refractivity contribution < 1.29 is 43.5 Å². The molecule has 3 fully saturated rings. The van der Waals surface area contributed by atoms with Crippen LogP contribution in [-0.4, -0.2) is 104 Å². The van der Waals surface area contributed by atoms with Crippen LogP contribution in [0.25, 0.3) is 0 Å². The molecule has 1 saturated carbocycles. The van der Waals surface area contributed by atoms with Crippen LogP contribution in [0.15, 0.2) is 42.5 Å². The summed E-state index contributed by atoms with van der Waals surface area (Å²) < 4.78 is -0.547. The molecule has 0 radical (unpaired) electrons. The highest BCUT2D eigenvalue weighted by Crippen LogP contribution is 2.50. The van der Waals surface area contributed by atoms with E-state index in [4.69, 9.17) is 28.9 Å². The van der Waals surface area contributed by atoms with Crippen LogP contribution < -0.4 is 27.0 Å². The van der Waals surface area contributed by atoms with Crippen LogP contribution in [0.3, 0.4) is 0 Å². The van der Waals surface area contributed by atoms with Crippen molar-refractivity contribution in [3.05, 3.63) is 69.2 Å². The van der Waals surface area contributed by atoms with Gasteiger partial charge in [0, 0.05) is 13.0 Å². The number of hydrogen-bond donors (Lipinski definition) is 6. The van der Waals surface area contributed by atoms with Crippen LogP contribution in [0, 0.1) is 5.92 Å². The number of carboxylic acids is 1. The molecule has 318 valence electrons. The van der Waals surface area contributed by atoms with E-state index in [0.717, 1.165) is 37.2 Å². The van der Waals surface area contributed by atoms with Gasteiger partial charge in [-0.15, -0.1) is 23.5 Å². The highest BCUT2D eigenvalue weighted by atomic mass is 35.5. The van der Waals surface area contributed by atoms with Gasteiger partial charge in [0.15, 0.2) is 0 Å². The number of aromatic carboxylic acids is 1. The lowest BCUT2D eigenvalue weighted by Gasteiger charge is -2.35. The lowest BCUT2D eigenvalue weighted by atomic mass is 9.83. The van der Waals surface area contributed by atoms with E-state index < -0.39 is 87.6 Å². The molecule has 6 amide bonds. The van der Waals surface area contributed by atoms with Gasteiger partial charge in [0.25, 0.3) is 11.8 Å². The Hall–Kier alpha value is -4.32. The lowest BCUT2D eigenvalue weighted by molar-refractivity contribution is -0.143. The largest absolute Gasteiger partial charge is 0.478 e. The SMILES string of the molecule is CCCC(NC(=O)[C@@H]1CC2(CN1C(=O)[C@@H](NC(=O)c1ccc(Cl)c(Cl)c1C(=O)O)C1CCCCC1)SCCCS2)C(=O)C(=O)NCC(=O)N[C@H](C(N)=O)c1ccccc1. The van der Waals surface area contributed by atoms with Crippen molar-refractivity contribution in [1.29, 1.82) is 0 Å². The van der Waals surface area contributed by atoms with E-state index in [1.807, 2.05) is 0 Å². The third-order valence-electron chi connectivity index (χ3n) is 10.7. The maximum Gasteiger partial charge on any atom is 0.338 e. The van der Waals surface area contributed by atoms with Gasteiger partial charge in [0.2, 0.25) is 29.4 Å². The average molecular weight is 892 g/mol. The summed E-state index contributed by atoms with van der Waals surface area (Å²) in [7, 11) is 0. The van der Waals surface area contributed by atoms with Crippen molar-refractivity contribution in [3.8, 4) is 0 Å². The van der Waals surface area contributed by atoms with Gasteiger partial charge < -0.3 is 37.0 Å². The van der Waals surface area contributed by atoms with Gasteiger partial charge in [0.05, 0.1) is 37.8 Å². The van der Waals surface area contributed by atoms with Gasteiger partial charge in [-0.2, -0.15) is 0 Å². The molecule has 2 heterocycles. The minimum absolute atomic E-state index is 0.0563. The summed E-state index contributed by atoms with van der Waals surface area (Å²) >= 11 is 15.6. The molecular weight excluding hydrogens is 844 g/mol. The smallest absolute Gasteiger partial charge is 0.338 e. The Balaban J connectivity index is 1.34. The van der Waals surface area contributed by atoms with Gasteiger partial charge in [0.1, 0.15) is 18.1 Å². The van der Waals surface area contributed by atoms with Gasteiger partial charge in [-0.25, -0.2) is 4.79 Å². The Bertz CT molecular complexity index is 1950.